The van der Waals surface area contributed by atoms with E-state index in [1.54, 1.807) is 0 Å². The fourth-order valence-corrected chi connectivity index (χ4v) is 8.05. The van der Waals surface area contributed by atoms with Gasteiger partial charge < -0.3 is 50.9 Å². The first-order valence-electron chi connectivity index (χ1n) is 15.9. The number of amides is 3. The number of quaternary nitrogens is 1. The molecule has 3 aliphatic rings. The van der Waals surface area contributed by atoms with Gasteiger partial charge in [-0.2, -0.15) is 5.21 Å². The van der Waals surface area contributed by atoms with Crippen molar-refractivity contribution in [3.8, 4) is 11.5 Å². The van der Waals surface area contributed by atoms with E-state index in [1.165, 1.54) is 35.9 Å². The van der Waals surface area contributed by atoms with Crippen LogP contribution in [0.4, 0.5) is 9.52 Å². The second kappa shape index (κ2) is 15.9. The Labute approximate surface area is 331 Å². The quantitative estimate of drug-likeness (QED) is 0.0273. The third-order valence-electron chi connectivity index (χ3n) is 8.95. The summed E-state index contributed by atoms with van der Waals surface area (Å²) in [5, 5.41) is 56.1. The normalized spacial score (nSPS) is 19.6. The number of likely N-dealkylation sites (tertiary alicyclic amines) is 1. The van der Waals surface area contributed by atoms with Gasteiger partial charge in [0.15, 0.2) is 33.8 Å². The van der Waals surface area contributed by atoms with Crippen molar-refractivity contribution in [3.63, 3.8) is 0 Å². The number of β-lactam (4-membered cyclic amide) rings is 1. The van der Waals surface area contributed by atoms with Crippen LogP contribution in [0.5, 0.6) is 11.5 Å². The molecule has 2 aromatic heterocycles. The summed E-state index contributed by atoms with van der Waals surface area (Å²) in [6, 6.07) is 1.10. The van der Waals surface area contributed by atoms with Gasteiger partial charge in [0.05, 0.1) is 49.2 Å². The molecule has 3 amide bonds. The number of thiazole rings is 1. The molecule has 276 valence electrons. The van der Waals surface area contributed by atoms with Crippen molar-refractivity contribution in [2.45, 2.75) is 43.7 Å². The number of hydrogen-bond donors (Lipinski definition) is 5. The predicted molar refractivity (Wildman–Crippen MR) is 179 cm³/mol. The number of carbonyl (C=O) groups excluding carboxylic acids is 4. The number of tetrazole rings is 1. The minimum absolute atomic E-state index is 0. The third-order valence-corrected chi connectivity index (χ3v) is 11.0. The van der Waals surface area contributed by atoms with Crippen molar-refractivity contribution in [1.82, 2.24) is 41.1 Å². The number of nitrogens with two attached hydrogens (primary N) is 1. The molecule has 0 aliphatic carbocycles. The number of aromatic nitrogens is 5. The summed E-state index contributed by atoms with van der Waals surface area (Å²) in [6.07, 6.45) is 1.83. The zero-order valence-corrected chi connectivity index (χ0v) is 32.4. The molecule has 23 heteroatoms. The molecular weight excluding hydrogens is 749 g/mol. The van der Waals surface area contributed by atoms with Crippen molar-refractivity contribution in [1.29, 1.82) is 0 Å². The van der Waals surface area contributed by atoms with Crippen LogP contribution in [0.3, 0.4) is 0 Å². The Morgan fingerprint density at radius 1 is 1.26 bits per heavy atom. The number of thioether (sulfide) groups is 1. The summed E-state index contributed by atoms with van der Waals surface area (Å²) in [6.45, 7) is 5.01. The third kappa shape index (κ3) is 8.11. The van der Waals surface area contributed by atoms with Crippen LogP contribution in [-0.2, 0) is 19.2 Å². The van der Waals surface area contributed by atoms with E-state index in [4.69, 9.17) is 10.6 Å². The van der Waals surface area contributed by atoms with Gasteiger partial charge in [0.1, 0.15) is 23.7 Å². The number of benzene rings is 1. The van der Waals surface area contributed by atoms with Gasteiger partial charge in [-0.1, -0.05) is 5.16 Å². The molecule has 6 N–H and O–H groups in total. The SMILES string of the molecule is CC(C)(O/N=C(\C(=O)N[C@@H]1C(=O)N2C(c3nnn[n-]3)=C(C[N+]3(CCNC(=O)c4ccc(O)c(O)c4F)CCCC3)CS[C@H]12)c1csc(N)n1)C(=O)[O-].[Na+]. The fraction of sp³-hybridized carbons (Fsp3) is 0.433. The van der Waals surface area contributed by atoms with Gasteiger partial charge in [0.25, 0.3) is 17.7 Å². The molecule has 0 unspecified atom stereocenters. The Kier molecular flexibility index (Phi) is 12.0. The van der Waals surface area contributed by atoms with E-state index in [1.807, 2.05) is 0 Å². The minimum atomic E-state index is -1.89. The summed E-state index contributed by atoms with van der Waals surface area (Å²) in [7, 11) is 0. The summed E-state index contributed by atoms with van der Waals surface area (Å²) < 4.78 is 15.0. The van der Waals surface area contributed by atoms with E-state index < -0.39 is 69.3 Å². The Morgan fingerprint density at radius 2 is 2.00 bits per heavy atom. The van der Waals surface area contributed by atoms with Crippen molar-refractivity contribution >= 4 is 63.3 Å². The Hall–Kier alpha value is -4.35. The molecule has 2 atom stereocenters. The Morgan fingerprint density at radius 3 is 2.64 bits per heavy atom. The summed E-state index contributed by atoms with van der Waals surface area (Å²) >= 11 is 2.42. The van der Waals surface area contributed by atoms with Crippen LogP contribution in [0.2, 0.25) is 0 Å². The first kappa shape index (κ1) is 39.8. The standard InChI is InChI=1S/C30H34FN11O8S2.Na/c1-30(2,28(48)49)50-38-19(16-13-52-29(32)34-16)25(46)35-20-26(47)41-21(23-36-39-40-37-23)14(12-51-27(20)41)11-42(8-3-4-9-42)10-7-33-24(45)15-5-6-17(43)22(44)18(15)31;/h5-6,13,20,27H,3-4,7-12H2,1-2H3,(H7-,32,33,34,35,36,37,38,39,40,43,44,45,46,48,49);/q;+1/p-1/t20-,27-;/m1./s1. The van der Waals surface area contributed by atoms with Crippen LogP contribution in [0.25, 0.3) is 5.70 Å². The number of hydrogen-bond acceptors (Lipinski definition) is 16. The largest absolute Gasteiger partial charge is 1.00 e. The molecule has 3 aromatic rings. The van der Waals surface area contributed by atoms with Crippen LogP contribution < -0.4 is 56.1 Å². The first-order chi connectivity index (χ1) is 24.7. The fourth-order valence-electron chi connectivity index (χ4n) is 6.17. The van der Waals surface area contributed by atoms with E-state index in [0.717, 1.165) is 55.0 Å². The van der Waals surface area contributed by atoms with Crippen LogP contribution in [0.1, 0.15) is 48.6 Å². The molecule has 0 bridgehead atoms. The number of nitrogen functional groups attached to an aromatic ring is 1. The van der Waals surface area contributed by atoms with Gasteiger partial charge in [0.2, 0.25) is 0 Å². The molecule has 5 heterocycles. The van der Waals surface area contributed by atoms with Crippen molar-refractivity contribution in [3.05, 3.63) is 46.0 Å². The number of anilines is 1. The number of phenolic OH excluding ortho intramolecular Hbond substituents is 2. The van der Waals surface area contributed by atoms with E-state index in [2.05, 4.69) is 41.4 Å². The maximum Gasteiger partial charge on any atom is 1.00 e. The molecule has 0 spiro atoms. The topological polar surface area (TPSA) is 272 Å². The number of aromatic hydroxyl groups is 2. The Bertz CT molecular complexity index is 1970. The maximum absolute atomic E-state index is 14.4. The number of carboxylic acid groups (broad SMARTS) is 1. The van der Waals surface area contributed by atoms with Crippen LogP contribution in [0, 0.1) is 5.82 Å². The van der Waals surface area contributed by atoms with Gasteiger partial charge in [-0.25, -0.2) is 9.37 Å². The van der Waals surface area contributed by atoms with Gasteiger partial charge in [-0.15, -0.1) is 23.1 Å². The molecule has 53 heavy (non-hydrogen) atoms. The molecule has 2 saturated heterocycles. The average molecular weight is 782 g/mol. The smallest absolute Gasteiger partial charge is 0.546 e. The Balaban J connectivity index is 0.00000541. The van der Waals surface area contributed by atoms with Crippen molar-refractivity contribution < 1.29 is 77.8 Å². The zero-order chi connectivity index (χ0) is 37.4. The minimum Gasteiger partial charge on any atom is -0.546 e. The van der Waals surface area contributed by atoms with Gasteiger partial charge in [-0.05, 0) is 26.0 Å². The maximum atomic E-state index is 14.4. The number of phenols is 2. The van der Waals surface area contributed by atoms with E-state index in [9.17, 15) is 38.9 Å². The number of oxime groups is 1. The molecule has 19 nitrogen and oxygen atoms in total. The van der Waals surface area contributed by atoms with Gasteiger partial charge in [0, 0.05) is 29.5 Å². The van der Waals surface area contributed by atoms with E-state index in [-0.39, 0.29) is 52.8 Å². The molecule has 3 aliphatic heterocycles. The van der Waals surface area contributed by atoms with Crippen LogP contribution in [0.15, 0.2) is 28.2 Å². The van der Waals surface area contributed by atoms with Crippen molar-refractivity contribution in [2.24, 2.45) is 5.16 Å². The van der Waals surface area contributed by atoms with Crippen LogP contribution in [-0.4, -0.2) is 125 Å². The second-order valence-corrected chi connectivity index (χ2v) is 14.8. The number of nitrogens with zero attached hydrogens (tertiary/aromatic N) is 8. The molecular formula is C30H33FN11NaO8S2. The van der Waals surface area contributed by atoms with E-state index >= 15 is 0 Å². The summed E-state index contributed by atoms with van der Waals surface area (Å²) in [5.41, 5.74) is 4.33. The number of nitrogens with one attached hydrogen (secondary N) is 2. The number of fused-ring (bicyclic) bond motifs is 1. The number of aliphatic carboxylic acids is 1. The molecule has 6 rings (SSSR count). The monoisotopic (exact) mass is 781 g/mol. The summed E-state index contributed by atoms with van der Waals surface area (Å²) in [5.74, 6) is -6.00. The number of carbonyl (C=O) groups is 4. The summed E-state index contributed by atoms with van der Waals surface area (Å²) in [4.78, 5) is 62.2. The number of halogens is 1. The number of carboxylic acids is 1. The molecule has 1 aromatic carbocycles. The van der Waals surface area contributed by atoms with Crippen LogP contribution >= 0.6 is 23.1 Å². The molecule has 0 radical (unpaired) electrons. The first-order valence-corrected chi connectivity index (χ1v) is 17.8. The zero-order valence-electron chi connectivity index (χ0n) is 28.7. The molecule has 0 saturated carbocycles. The predicted octanol–water partition coefficient (Wildman–Crippen LogP) is -4.48. The van der Waals surface area contributed by atoms with Crippen molar-refractivity contribution in [2.75, 3.05) is 44.2 Å². The van der Waals surface area contributed by atoms with Gasteiger partial charge in [-0.3, -0.25) is 29.6 Å². The van der Waals surface area contributed by atoms with Gasteiger partial charge >= 0.3 is 29.6 Å². The van der Waals surface area contributed by atoms with E-state index in [0.29, 0.717) is 29.0 Å². The number of rotatable bonds is 13. The second-order valence-electron chi connectivity index (χ2n) is 12.8. The average Bonchev–Trinajstić information content (AvgIpc) is 3.90. The molecule has 2 fully saturated rings.